The number of nitrogens with one attached hydrogen (secondary N) is 1. The van der Waals surface area contributed by atoms with Gasteiger partial charge in [-0.2, -0.15) is 5.21 Å². The molecule has 5 rings (SSSR count). The molecule has 0 saturated carbocycles. The minimum absolute atomic E-state index is 0.230. The number of aromatic nitrogens is 7. The van der Waals surface area contributed by atoms with Crippen LogP contribution in [-0.2, 0) is 6.42 Å². The number of nitrogens with zero attached hydrogens (tertiary/aromatic N) is 6. The Morgan fingerprint density at radius 3 is 2.60 bits per heavy atom. The van der Waals surface area contributed by atoms with Gasteiger partial charge in [0.2, 0.25) is 5.82 Å². The maximum atomic E-state index is 4.46. The average Bonchev–Trinajstić information content (AvgIpc) is 3.48. The molecule has 0 spiro atoms. The van der Waals surface area contributed by atoms with E-state index in [1.807, 2.05) is 18.2 Å². The SMILES string of the molecule is CCCCc1nnc2n1C(c1ccc(-c3ccccc3-c3nn[nH]n3)cc1)CC=C2. The lowest BCUT2D eigenvalue weighted by atomic mass is 9.95. The fourth-order valence-electron chi connectivity index (χ4n) is 4.08. The van der Waals surface area contributed by atoms with Crippen LogP contribution in [0.3, 0.4) is 0 Å². The van der Waals surface area contributed by atoms with Gasteiger partial charge in [-0.15, -0.1) is 20.4 Å². The van der Waals surface area contributed by atoms with Gasteiger partial charge in [0.05, 0.1) is 6.04 Å². The number of allylic oxidation sites excluding steroid dienone is 1. The molecule has 0 fully saturated rings. The van der Waals surface area contributed by atoms with Crippen LogP contribution in [0.4, 0.5) is 0 Å². The monoisotopic (exact) mass is 397 g/mol. The lowest BCUT2D eigenvalue weighted by Crippen LogP contribution is -2.17. The Hall–Kier alpha value is -3.61. The summed E-state index contributed by atoms with van der Waals surface area (Å²) in [4.78, 5) is 0. The molecule has 0 bridgehead atoms. The minimum atomic E-state index is 0.230. The third kappa shape index (κ3) is 3.32. The molecular weight excluding hydrogens is 374 g/mol. The van der Waals surface area contributed by atoms with Crippen LogP contribution in [0.15, 0.2) is 54.6 Å². The summed E-state index contributed by atoms with van der Waals surface area (Å²) in [7, 11) is 0. The van der Waals surface area contributed by atoms with Crippen molar-refractivity contribution in [3.63, 3.8) is 0 Å². The standard InChI is InChI=1S/C23H23N7/c1-2-3-10-21-24-25-22-11-6-9-20(30(21)22)17-14-12-16(13-15-17)18-7-4-5-8-19(18)23-26-28-29-27-23/h4-8,11-15,20H,2-3,9-10H2,1H3,(H,26,27,28,29). The van der Waals surface area contributed by atoms with E-state index in [4.69, 9.17) is 0 Å². The van der Waals surface area contributed by atoms with Crippen molar-refractivity contribution in [1.82, 2.24) is 35.4 Å². The molecular formula is C23H23N7. The van der Waals surface area contributed by atoms with Gasteiger partial charge in [-0.05, 0) is 40.8 Å². The number of aryl methyl sites for hydroxylation is 1. The lowest BCUT2D eigenvalue weighted by molar-refractivity contribution is 0.543. The highest BCUT2D eigenvalue weighted by molar-refractivity contribution is 5.80. The van der Waals surface area contributed by atoms with E-state index in [1.54, 1.807) is 0 Å². The number of fused-ring (bicyclic) bond motifs is 1. The second-order valence-corrected chi connectivity index (χ2v) is 7.50. The molecule has 1 N–H and O–H groups in total. The van der Waals surface area contributed by atoms with E-state index in [1.165, 1.54) is 5.56 Å². The number of hydrogen-bond donors (Lipinski definition) is 1. The van der Waals surface area contributed by atoms with Gasteiger partial charge in [-0.25, -0.2) is 0 Å². The normalized spacial score (nSPS) is 15.3. The number of H-pyrrole nitrogens is 1. The zero-order valence-electron chi connectivity index (χ0n) is 16.9. The van der Waals surface area contributed by atoms with Crippen molar-refractivity contribution in [3.8, 4) is 22.5 Å². The molecule has 0 amide bonds. The molecule has 0 radical (unpaired) electrons. The van der Waals surface area contributed by atoms with Gasteiger partial charge >= 0.3 is 0 Å². The summed E-state index contributed by atoms with van der Waals surface area (Å²) in [5, 5.41) is 23.4. The zero-order valence-corrected chi connectivity index (χ0v) is 16.9. The smallest absolute Gasteiger partial charge is 0.205 e. The van der Waals surface area contributed by atoms with Gasteiger partial charge in [0.1, 0.15) is 5.82 Å². The molecule has 0 aliphatic carbocycles. The second-order valence-electron chi connectivity index (χ2n) is 7.50. The third-order valence-electron chi connectivity index (χ3n) is 5.60. The molecule has 1 unspecified atom stereocenters. The number of aromatic amines is 1. The van der Waals surface area contributed by atoms with Crippen LogP contribution in [-0.4, -0.2) is 35.4 Å². The van der Waals surface area contributed by atoms with Gasteiger partial charge in [-0.1, -0.05) is 68.0 Å². The Balaban J connectivity index is 1.48. The van der Waals surface area contributed by atoms with E-state index in [0.29, 0.717) is 5.82 Å². The third-order valence-corrected chi connectivity index (χ3v) is 5.60. The van der Waals surface area contributed by atoms with Gasteiger partial charge in [0.25, 0.3) is 0 Å². The average molecular weight is 397 g/mol. The van der Waals surface area contributed by atoms with Gasteiger partial charge in [-0.3, -0.25) is 0 Å². The Morgan fingerprint density at radius 1 is 1.00 bits per heavy atom. The first-order valence-electron chi connectivity index (χ1n) is 10.4. The van der Waals surface area contributed by atoms with Crippen molar-refractivity contribution < 1.29 is 0 Å². The number of hydrogen-bond acceptors (Lipinski definition) is 5. The molecule has 30 heavy (non-hydrogen) atoms. The fourth-order valence-corrected chi connectivity index (χ4v) is 4.08. The van der Waals surface area contributed by atoms with Crippen molar-refractivity contribution in [2.45, 2.75) is 38.6 Å². The van der Waals surface area contributed by atoms with Crippen molar-refractivity contribution in [3.05, 3.63) is 71.8 Å². The molecule has 1 atom stereocenters. The summed E-state index contributed by atoms with van der Waals surface area (Å²) in [5.41, 5.74) is 4.43. The number of rotatable bonds is 6. The van der Waals surface area contributed by atoms with Gasteiger partial charge in [0, 0.05) is 12.0 Å². The first kappa shape index (κ1) is 18.4. The van der Waals surface area contributed by atoms with Crippen LogP contribution >= 0.6 is 0 Å². The molecule has 2 aromatic carbocycles. The van der Waals surface area contributed by atoms with E-state index in [0.717, 1.165) is 54.0 Å². The Morgan fingerprint density at radius 2 is 1.83 bits per heavy atom. The number of benzene rings is 2. The van der Waals surface area contributed by atoms with E-state index in [9.17, 15) is 0 Å². The predicted molar refractivity (Wildman–Crippen MR) is 115 cm³/mol. The molecule has 0 saturated heterocycles. The molecule has 150 valence electrons. The topological polar surface area (TPSA) is 85.2 Å². The highest BCUT2D eigenvalue weighted by atomic mass is 15.5. The van der Waals surface area contributed by atoms with Crippen molar-refractivity contribution in [2.24, 2.45) is 0 Å². The first-order chi connectivity index (χ1) is 14.8. The molecule has 3 heterocycles. The van der Waals surface area contributed by atoms with E-state index < -0.39 is 0 Å². The Bertz CT molecular complexity index is 1160. The van der Waals surface area contributed by atoms with Crippen LogP contribution in [0.1, 0.15) is 49.4 Å². The summed E-state index contributed by atoms with van der Waals surface area (Å²) >= 11 is 0. The zero-order chi connectivity index (χ0) is 20.3. The lowest BCUT2D eigenvalue weighted by Gasteiger charge is -2.24. The maximum absolute atomic E-state index is 4.46. The van der Waals surface area contributed by atoms with E-state index in [-0.39, 0.29) is 6.04 Å². The summed E-state index contributed by atoms with van der Waals surface area (Å²) < 4.78 is 2.30. The molecule has 4 aromatic rings. The summed E-state index contributed by atoms with van der Waals surface area (Å²) in [6.07, 6.45) is 8.46. The number of unbranched alkanes of at least 4 members (excludes halogenated alkanes) is 1. The summed E-state index contributed by atoms with van der Waals surface area (Å²) in [6, 6.07) is 17.1. The summed E-state index contributed by atoms with van der Waals surface area (Å²) in [5.74, 6) is 2.62. The Kier molecular flexibility index (Phi) is 4.93. The highest BCUT2D eigenvalue weighted by Gasteiger charge is 2.23. The quantitative estimate of drug-likeness (QED) is 0.519. The largest absolute Gasteiger partial charge is 0.304 e. The summed E-state index contributed by atoms with van der Waals surface area (Å²) in [6.45, 7) is 2.20. The first-order valence-corrected chi connectivity index (χ1v) is 10.4. The van der Waals surface area contributed by atoms with Crippen molar-refractivity contribution >= 4 is 6.08 Å². The molecule has 2 aromatic heterocycles. The Labute approximate surface area is 174 Å². The second kappa shape index (κ2) is 8.02. The van der Waals surface area contributed by atoms with Crippen molar-refractivity contribution in [1.29, 1.82) is 0 Å². The molecule has 1 aliphatic heterocycles. The van der Waals surface area contributed by atoms with Gasteiger partial charge in [0.15, 0.2) is 5.82 Å². The molecule has 7 nitrogen and oxygen atoms in total. The van der Waals surface area contributed by atoms with Gasteiger partial charge < -0.3 is 4.57 Å². The predicted octanol–water partition coefficient (Wildman–Crippen LogP) is 4.47. The van der Waals surface area contributed by atoms with Crippen LogP contribution in [0.25, 0.3) is 28.6 Å². The highest BCUT2D eigenvalue weighted by Crippen LogP contribution is 2.33. The maximum Gasteiger partial charge on any atom is 0.205 e. The minimum Gasteiger partial charge on any atom is -0.304 e. The van der Waals surface area contributed by atoms with E-state index >= 15 is 0 Å². The van der Waals surface area contributed by atoms with Crippen molar-refractivity contribution in [2.75, 3.05) is 0 Å². The fraction of sp³-hybridized carbons (Fsp3) is 0.261. The molecule has 1 aliphatic rings. The molecule has 7 heteroatoms. The van der Waals surface area contributed by atoms with Crippen LogP contribution in [0.2, 0.25) is 0 Å². The van der Waals surface area contributed by atoms with Crippen LogP contribution in [0, 0.1) is 0 Å². The van der Waals surface area contributed by atoms with Crippen LogP contribution in [0.5, 0.6) is 0 Å². The van der Waals surface area contributed by atoms with E-state index in [2.05, 4.69) is 84.8 Å². The number of tetrazole rings is 1. The van der Waals surface area contributed by atoms with Crippen LogP contribution < -0.4 is 0 Å².